The summed E-state index contributed by atoms with van der Waals surface area (Å²) in [6.07, 6.45) is 1.07. The van der Waals surface area contributed by atoms with Crippen molar-refractivity contribution in [2.24, 2.45) is 11.5 Å². The first kappa shape index (κ1) is 28.8. The van der Waals surface area contributed by atoms with Crippen molar-refractivity contribution in [3.63, 3.8) is 0 Å². The van der Waals surface area contributed by atoms with Crippen molar-refractivity contribution >= 4 is 35.3 Å². The number of phenolic OH excluding ortho intramolecular Hbond substituents is 1. The molecular weight excluding hydrogens is 482 g/mol. The summed E-state index contributed by atoms with van der Waals surface area (Å²) in [4.78, 5) is 60.2. The number of aromatic hydroxyl groups is 1. The number of amides is 4. The van der Waals surface area contributed by atoms with Crippen molar-refractivity contribution in [3.05, 3.63) is 48.0 Å². The molecule has 2 aromatic carbocycles. The van der Waals surface area contributed by atoms with E-state index >= 15 is 0 Å². The van der Waals surface area contributed by atoms with Crippen molar-refractivity contribution in [3.8, 4) is 16.9 Å². The van der Waals surface area contributed by atoms with Crippen LogP contribution in [0.2, 0.25) is 0 Å². The number of carboxylic acid groups (broad SMARTS) is 1. The second-order valence-electron chi connectivity index (χ2n) is 8.37. The minimum atomic E-state index is -1.55. The van der Waals surface area contributed by atoms with Crippen LogP contribution in [0.5, 0.6) is 5.75 Å². The number of anilines is 1. The number of nitrogens with two attached hydrogens (primary N) is 2. The first-order valence-electron chi connectivity index (χ1n) is 11.5. The Kier molecular flexibility index (Phi) is 10.6. The zero-order valence-electron chi connectivity index (χ0n) is 20.3. The molecule has 0 spiro atoms. The molecule has 0 heterocycles. The Labute approximate surface area is 213 Å². The summed E-state index contributed by atoms with van der Waals surface area (Å²) in [6.45, 7) is 1.76. The van der Waals surface area contributed by atoms with E-state index in [4.69, 9.17) is 11.5 Å². The average molecular weight is 514 g/mol. The molecule has 198 valence electrons. The third-order valence-corrected chi connectivity index (χ3v) is 5.34. The number of aliphatic carboxylic acids is 1. The number of hydrogen-bond donors (Lipinski definition) is 7. The zero-order valence-corrected chi connectivity index (χ0v) is 20.3. The number of carbonyl (C=O) groups excluding carboxylic acids is 4. The molecular formula is C25H31N5O7. The second kappa shape index (κ2) is 13.6. The Balaban J connectivity index is 2.41. The summed E-state index contributed by atoms with van der Waals surface area (Å²) in [6, 6.07) is 7.93. The van der Waals surface area contributed by atoms with Gasteiger partial charge in [0, 0.05) is 18.2 Å². The number of hydrogen-bond acceptors (Lipinski definition) is 7. The molecule has 9 N–H and O–H groups in total. The molecule has 0 saturated carbocycles. The van der Waals surface area contributed by atoms with Crippen LogP contribution in [0.1, 0.15) is 43.0 Å². The van der Waals surface area contributed by atoms with Gasteiger partial charge in [-0.3, -0.25) is 19.2 Å². The fraction of sp³-hybridized carbons (Fsp3) is 0.320. The van der Waals surface area contributed by atoms with Crippen LogP contribution < -0.4 is 27.4 Å². The molecule has 0 fully saturated rings. The molecule has 1 unspecified atom stereocenters. The van der Waals surface area contributed by atoms with Crippen LogP contribution >= 0.6 is 0 Å². The van der Waals surface area contributed by atoms with Gasteiger partial charge in [0.2, 0.25) is 17.7 Å². The Morgan fingerprint density at radius 1 is 0.973 bits per heavy atom. The van der Waals surface area contributed by atoms with Crippen LogP contribution in [-0.4, -0.2) is 58.4 Å². The molecule has 0 saturated heterocycles. The highest BCUT2D eigenvalue weighted by atomic mass is 16.4. The van der Waals surface area contributed by atoms with E-state index in [2.05, 4.69) is 16.0 Å². The van der Waals surface area contributed by atoms with Crippen LogP contribution in [0.4, 0.5) is 5.69 Å². The number of primary amides is 1. The van der Waals surface area contributed by atoms with Gasteiger partial charge in [-0.25, -0.2) is 4.79 Å². The van der Waals surface area contributed by atoms with Gasteiger partial charge in [0.15, 0.2) is 0 Å². The lowest BCUT2D eigenvalue weighted by Gasteiger charge is -2.19. The summed E-state index contributed by atoms with van der Waals surface area (Å²) < 4.78 is 0. The highest BCUT2D eigenvalue weighted by Gasteiger charge is 2.25. The summed E-state index contributed by atoms with van der Waals surface area (Å²) >= 11 is 0. The number of unbranched alkanes of at least 4 members (excludes halogenated alkanes) is 1. The van der Waals surface area contributed by atoms with E-state index in [-0.39, 0.29) is 22.8 Å². The predicted octanol–water partition coefficient (Wildman–Crippen LogP) is 0.690. The van der Waals surface area contributed by atoms with E-state index in [9.17, 15) is 34.2 Å². The maximum atomic E-state index is 13.0. The number of carboxylic acids is 1. The van der Waals surface area contributed by atoms with Gasteiger partial charge in [0.05, 0.1) is 6.42 Å². The molecule has 0 aliphatic heterocycles. The Morgan fingerprint density at radius 3 is 2.30 bits per heavy atom. The third-order valence-electron chi connectivity index (χ3n) is 5.34. The fourth-order valence-corrected chi connectivity index (χ4v) is 3.61. The molecule has 2 aromatic rings. The van der Waals surface area contributed by atoms with Crippen LogP contribution in [0, 0.1) is 0 Å². The molecule has 12 nitrogen and oxygen atoms in total. The number of carbonyl (C=O) groups is 5. The van der Waals surface area contributed by atoms with Gasteiger partial charge in [0.1, 0.15) is 17.8 Å². The van der Waals surface area contributed by atoms with Gasteiger partial charge >= 0.3 is 5.97 Å². The van der Waals surface area contributed by atoms with E-state index < -0.39 is 42.2 Å². The molecule has 0 bridgehead atoms. The van der Waals surface area contributed by atoms with E-state index in [1.54, 1.807) is 12.1 Å². The number of nitrogens with one attached hydrogen (secondary N) is 3. The monoisotopic (exact) mass is 513 g/mol. The number of rotatable bonds is 13. The smallest absolute Gasteiger partial charge is 0.326 e. The highest BCUT2D eigenvalue weighted by Crippen LogP contribution is 2.30. The van der Waals surface area contributed by atoms with Crippen LogP contribution in [0.15, 0.2) is 42.5 Å². The minimum Gasteiger partial charge on any atom is -0.508 e. The van der Waals surface area contributed by atoms with Gasteiger partial charge in [-0.15, -0.1) is 0 Å². The largest absolute Gasteiger partial charge is 0.508 e. The van der Waals surface area contributed by atoms with E-state index in [1.807, 2.05) is 0 Å². The number of phenols is 1. The maximum Gasteiger partial charge on any atom is 0.326 e. The fourth-order valence-electron chi connectivity index (χ4n) is 3.61. The minimum absolute atomic E-state index is 0.0284. The lowest BCUT2D eigenvalue weighted by Crippen LogP contribution is -2.43. The predicted molar refractivity (Wildman–Crippen MR) is 135 cm³/mol. The Morgan fingerprint density at radius 2 is 1.70 bits per heavy atom. The third kappa shape index (κ3) is 8.93. The highest BCUT2D eigenvalue weighted by molar-refractivity contribution is 6.04. The lowest BCUT2D eigenvalue weighted by atomic mass is 9.97. The zero-order chi connectivity index (χ0) is 27.5. The molecule has 12 heteroatoms. The molecule has 0 aliphatic rings. The van der Waals surface area contributed by atoms with E-state index in [0.717, 1.165) is 0 Å². The molecule has 0 radical (unpaired) electrons. The molecule has 2 atom stereocenters. The van der Waals surface area contributed by atoms with Crippen LogP contribution in [0.3, 0.4) is 0 Å². The molecule has 2 rings (SSSR count). The van der Waals surface area contributed by atoms with Gasteiger partial charge in [-0.2, -0.15) is 0 Å². The van der Waals surface area contributed by atoms with E-state index in [1.165, 1.54) is 37.3 Å². The van der Waals surface area contributed by atoms with Crippen molar-refractivity contribution in [2.45, 2.75) is 44.7 Å². The molecule has 0 aromatic heterocycles. The van der Waals surface area contributed by atoms with Crippen molar-refractivity contribution in [2.75, 3.05) is 11.9 Å². The quantitative estimate of drug-likeness (QED) is 0.189. The van der Waals surface area contributed by atoms with Crippen molar-refractivity contribution in [1.82, 2.24) is 10.6 Å². The van der Waals surface area contributed by atoms with Crippen molar-refractivity contribution in [1.29, 1.82) is 0 Å². The topological polar surface area (TPSA) is 214 Å². The Hall–Kier alpha value is -4.45. The first-order chi connectivity index (χ1) is 17.5. The van der Waals surface area contributed by atoms with Gasteiger partial charge in [-0.05, 0) is 67.3 Å². The summed E-state index contributed by atoms with van der Waals surface area (Å²) in [5.74, 6) is -4.07. The normalized spacial score (nSPS) is 12.2. The van der Waals surface area contributed by atoms with Gasteiger partial charge < -0.3 is 37.6 Å². The number of benzene rings is 2. The molecule has 4 amide bonds. The van der Waals surface area contributed by atoms with Crippen molar-refractivity contribution < 1.29 is 34.2 Å². The molecule has 0 aliphatic carbocycles. The second-order valence-corrected chi connectivity index (χ2v) is 8.37. The van der Waals surface area contributed by atoms with Crippen LogP contribution in [0.25, 0.3) is 11.1 Å². The summed E-state index contributed by atoms with van der Waals surface area (Å²) in [5, 5.41) is 26.9. The molecule has 37 heavy (non-hydrogen) atoms. The average Bonchev–Trinajstić information content (AvgIpc) is 2.82. The lowest BCUT2D eigenvalue weighted by molar-refractivity contribution is -0.141. The SMILES string of the molecule is CC(=O)NC(CCCCN)C(=O)Nc1ccc(C(=O)N[C@@H](CC(N)=O)C(=O)O)c(-c2cccc(O)c2)c1. The first-order valence-corrected chi connectivity index (χ1v) is 11.5. The van der Waals surface area contributed by atoms with Crippen LogP contribution in [-0.2, 0) is 19.2 Å². The maximum absolute atomic E-state index is 13.0. The summed E-state index contributed by atoms with van der Waals surface area (Å²) in [7, 11) is 0. The van der Waals surface area contributed by atoms with Gasteiger partial charge in [0.25, 0.3) is 5.91 Å². The summed E-state index contributed by atoms with van der Waals surface area (Å²) in [5.41, 5.74) is 11.6. The standard InChI is InChI=1S/C25H31N5O7/c1-14(31)28-20(7-2-3-10-26)24(35)29-16-8-9-18(19(12-16)15-5-4-6-17(32)11-15)23(34)30-21(25(36)37)13-22(27)33/h4-6,8-9,11-12,20-21,32H,2-3,7,10,13,26H2,1H3,(H2,27,33)(H,28,31)(H,29,35)(H,30,34)(H,36,37)/t20?,21-/m0/s1. The van der Waals surface area contributed by atoms with Gasteiger partial charge in [-0.1, -0.05) is 12.1 Å². The van der Waals surface area contributed by atoms with E-state index in [0.29, 0.717) is 37.1 Å². The Bertz CT molecular complexity index is 1170.